The third-order valence-electron chi connectivity index (χ3n) is 3.92. The maximum absolute atomic E-state index is 12.6. The SMILES string of the molecule is CCOC(=O)c1c(C)[nH]c(C(=O)N2CCN(C)CC2)c1C. The van der Waals surface area contributed by atoms with E-state index in [4.69, 9.17) is 4.74 Å². The van der Waals surface area contributed by atoms with Gasteiger partial charge in [-0.25, -0.2) is 4.79 Å². The number of nitrogens with zero attached hydrogens (tertiary/aromatic N) is 2. The fourth-order valence-corrected chi connectivity index (χ4v) is 2.64. The van der Waals surface area contributed by atoms with Gasteiger partial charge in [-0.2, -0.15) is 0 Å². The first-order valence-corrected chi connectivity index (χ1v) is 7.29. The summed E-state index contributed by atoms with van der Waals surface area (Å²) >= 11 is 0. The molecule has 2 heterocycles. The zero-order valence-corrected chi connectivity index (χ0v) is 13.2. The van der Waals surface area contributed by atoms with E-state index in [1.807, 2.05) is 11.9 Å². The number of carbonyl (C=O) groups excluding carboxylic acids is 2. The fourth-order valence-electron chi connectivity index (χ4n) is 2.64. The van der Waals surface area contributed by atoms with E-state index in [-0.39, 0.29) is 11.9 Å². The van der Waals surface area contributed by atoms with Crippen molar-refractivity contribution in [2.24, 2.45) is 0 Å². The van der Waals surface area contributed by atoms with Gasteiger partial charge in [0.2, 0.25) is 0 Å². The number of aromatic amines is 1. The molecule has 6 heteroatoms. The van der Waals surface area contributed by atoms with E-state index in [1.54, 1.807) is 20.8 Å². The van der Waals surface area contributed by atoms with Gasteiger partial charge in [-0.05, 0) is 33.4 Å². The molecule has 1 saturated heterocycles. The largest absolute Gasteiger partial charge is 0.462 e. The summed E-state index contributed by atoms with van der Waals surface area (Å²) in [6, 6.07) is 0. The van der Waals surface area contributed by atoms with Gasteiger partial charge in [0, 0.05) is 31.9 Å². The van der Waals surface area contributed by atoms with Gasteiger partial charge in [0.25, 0.3) is 5.91 Å². The standard InChI is InChI=1S/C15H23N3O3/c1-5-21-15(20)12-10(2)13(16-11(12)3)14(19)18-8-6-17(4)7-9-18/h16H,5-9H2,1-4H3. The van der Waals surface area contributed by atoms with E-state index < -0.39 is 0 Å². The first-order valence-electron chi connectivity index (χ1n) is 7.29. The van der Waals surface area contributed by atoms with Crippen LogP contribution < -0.4 is 0 Å². The zero-order valence-electron chi connectivity index (χ0n) is 13.2. The number of hydrogen-bond donors (Lipinski definition) is 1. The van der Waals surface area contributed by atoms with E-state index in [0.29, 0.717) is 42.2 Å². The van der Waals surface area contributed by atoms with Crippen molar-refractivity contribution in [3.8, 4) is 0 Å². The molecule has 0 aliphatic carbocycles. The summed E-state index contributed by atoms with van der Waals surface area (Å²) in [6.45, 7) is 8.84. The molecule has 0 radical (unpaired) electrons. The summed E-state index contributed by atoms with van der Waals surface area (Å²) in [5.74, 6) is -0.416. The molecular weight excluding hydrogens is 270 g/mol. The van der Waals surface area contributed by atoms with Crippen LogP contribution in [0.3, 0.4) is 0 Å². The number of carbonyl (C=O) groups is 2. The highest BCUT2D eigenvalue weighted by molar-refractivity contribution is 6.00. The Hall–Kier alpha value is -1.82. The number of esters is 1. The van der Waals surface area contributed by atoms with E-state index in [0.717, 1.165) is 13.1 Å². The second kappa shape index (κ2) is 6.30. The first-order chi connectivity index (χ1) is 9.95. The Labute approximate surface area is 125 Å². The number of rotatable bonds is 3. The molecular formula is C15H23N3O3. The predicted molar refractivity (Wildman–Crippen MR) is 79.6 cm³/mol. The van der Waals surface area contributed by atoms with Crippen molar-refractivity contribution in [2.75, 3.05) is 39.8 Å². The van der Waals surface area contributed by atoms with Crippen molar-refractivity contribution in [1.29, 1.82) is 0 Å². The van der Waals surface area contributed by atoms with Crippen LogP contribution in [-0.2, 0) is 4.74 Å². The van der Waals surface area contributed by atoms with Crippen LogP contribution in [0.25, 0.3) is 0 Å². The number of piperazine rings is 1. The molecule has 0 bridgehead atoms. The minimum absolute atomic E-state index is 0.0424. The summed E-state index contributed by atoms with van der Waals surface area (Å²) in [5.41, 5.74) is 2.34. The lowest BCUT2D eigenvalue weighted by Crippen LogP contribution is -2.47. The average molecular weight is 293 g/mol. The molecule has 1 aliphatic heterocycles. The molecule has 1 aromatic heterocycles. The Kier molecular flexibility index (Phi) is 4.67. The van der Waals surface area contributed by atoms with Crippen molar-refractivity contribution in [3.63, 3.8) is 0 Å². The molecule has 0 spiro atoms. The second-order valence-electron chi connectivity index (χ2n) is 5.44. The minimum atomic E-state index is -0.374. The molecule has 0 atom stereocenters. The van der Waals surface area contributed by atoms with Crippen LogP contribution in [-0.4, -0.2) is 66.5 Å². The van der Waals surface area contributed by atoms with Gasteiger partial charge in [0.1, 0.15) is 5.69 Å². The monoisotopic (exact) mass is 293 g/mol. The van der Waals surface area contributed by atoms with Crippen LogP contribution in [0, 0.1) is 13.8 Å². The van der Waals surface area contributed by atoms with Crippen LogP contribution >= 0.6 is 0 Å². The van der Waals surface area contributed by atoms with Gasteiger partial charge >= 0.3 is 5.97 Å². The lowest BCUT2D eigenvalue weighted by atomic mass is 10.1. The van der Waals surface area contributed by atoms with E-state index >= 15 is 0 Å². The van der Waals surface area contributed by atoms with Crippen LogP contribution in [0.2, 0.25) is 0 Å². The highest BCUT2D eigenvalue weighted by atomic mass is 16.5. The van der Waals surface area contributed by atoms with Crippen LogP contribution in [0.4, 0.5) is 0 Å². The summed E-state index contributed by atoms with van der Waals surface area (Å²) in [7, 11) is 2.05. The molecule has 0 saturated carbocycles. The van der Waals surface area contributed by atoms with Gasteiger partial charge in [-0.3, -0.25) is 4.79 Å². The Morgan fingerprint density at radius 3 is 2.38 bits per heavy atom. The molecule has 21 heavy (non-hydrogen) atoms. The zero-order chi connectivity index (χ0) is 15.6. The second-order valence-corrected chi connectivity index (χ2v) is 5.44. The minimum Gasteiger partial charge on any atom is -0.462 e. The van der Waals surface area contributed by atoms with Crippen molar-refractivity contribution in [2.45, 2.75) is 20.8 Å². The lowest BCUT2D eigenvalue weighted by molar-refractivity contribution is 0.0525. The number of likely N-dealkylation sites (N-methyl/N-ethyl adjacent to an activating group) is 1. The number of nitrogens with one attached hydrogen (secondary N) is 1. The van der Waals surface area contributed by atoms with Gasteiger partial charge in [0.15, 0.2) is 0 Å². The van der Waals surface area contributed by atoms with Gasteiger partial charge in [-0.15, -0.1) is 0 Å². The molecule has 1 amide bonds. The number of ether oxygens (including phenoxy) is 1. The van der Waals surface area contributed by atoms with Crippen LogP contribution in [0.5, 0.6) is 0 Å². The third-order valence-corrected chi connectivity index (χ3v) is 3.92. The summed E-state index contributed by atoms with van der Waals surface area (Å²) in [6.07, 6.45) is 0. The van der Waals surface area contributed by atoms with Crippen LogP contribution in [0.15, 0.2) is 0 Å². The van der Waals surface area contributed by atoms with E-state index in [1.165, 1.54) is 0 Å². The van der Waals surface area contributed by atoms with E-state index in [9.17, 15) is 9.59 Å². The van der Waals surface area contributed by atoms with Crippen molar-refractivity contribution >= 4 is 11.9 Å². The Balaban J connectivity index is 2.22. The molecule has 0 aromatic carbocycles. The Morgan fingerprint density at radius 1 is 1.19 bits per heavy atom. The number of H-pyrrole nitrogens is 1. The molecule has 1 fully saturated rings. The average Bonchev–Trinajstić information content (AvgIpc) is 2.74. The summed E-state index contributed by atoms with van der Waals surface area (Å²) in [4.78, 5) is 31.6. The highest BCUT2D eigenvalue weighted by Crippen LogP contribution is 2.21. The Bertz CT molecular complexity index is 543. The summed E-state index contributed by atoms with van der Waals surface area (Å²) in [5, 5.41) is 0. The molecule has 2 rings (SSSR count). The topological polar surface area (TPSA) is 65.6 Å². The number of hydrogen-bond acceptors (Lipinski definition) is 4. The van der Waals surface area contributed by atoms with Crippen molar-refractivity contribution in [1.82, 2.24) is 14.8 Å². The molecule has 1 aliphatic rings. The van der Waals surface area contributed by atoms with Gasteiger partial charge in [0.05, 0.1) is 12.2 Å². The quantitative estimate of drug-likeness (QED) is 0.850. The fraction of sp³-hybridized carbons (Fsp3) is 0.600. The molecule has 1 N–H and O–H groups in total. The molecule has 1 aromatic rings. The normalized spacial score (nSPS) is 16.1. The van der Waals surface area contributed by atoms with Crippen molar-refractivity contribution in [3.05, 3.63) is 22.5 Å². The van der Waals surface area contributed by atoms with Crippen molar-refractivity contribution < 1.29 is 14.3 Å². The van der Waals surface area contributed by atoms with E-state index in [2.05, 4.69) is 9.88 Å². The van der Waals surface area contributed by atoms with Crippen LogP contribution in [0.1, 0.15) is 39.0 Å². The maximum atomic E-state index is 12.6. The maximum Gasteiger partial charge on any atom is 0.340 e. The number of aryl methyl sites for hydroxylation is 1. The third kappa shape index (κ3) is 3.10. The first kappa shape index (κ1) is 15.6. The number of amides is 1. The smallest absolute Gasteiger partial charge is 0.340 e. The Morgan fingerprint density at radius 2 is 1.81 bits per heavy atom. The molecule has 0 unspecified atom stereocenters. The highest BCUT2D eigenvalue weighted by Gasteiger charge is 2.27. The summed E-state index contributed by atoms with van der Waals surface area (Å²) < 4.78 is 5.05. The molecule has 116 valence electrons. The predicted octanol–water partition coefficient (Wildman–Crippen LogP) is 1.20. The number of aromatic nitrogens is 1. The lowest BCUT2D eigenvalue weighted by Gasteiger charge is -2.32. The molecule has 6 nitrogen and oxygen atoms in total. The van der Waals surface area contributed by atoms with Gasteiger partial charge < -0.3 is 19.5 Å². The van der Waals surface area contributed by atoms with Gasteiger partial charge in [-0.1, -0.05) is 0 Å².